The maximum atomic E-state index is 13.4. The second-order valence-electron chi connectivity index (χ2n) is 10.6. The Hall–Kier alpha value is -1.84. The van der Waals surface area contributed by atoms with Gasteiger partial charge < -0.3 is 5.11 Å². The zero-order chi connectivity index (χ0) is 25.3. The number of aromatic hydroxyl groups is 1. The van der Waals surface area contributed by atoms with E-state index in [9.17, 15) is 14.7 Å². The van der Waals surface area contributed by atoms with Gasteiger partial charge in [0, 0.05) is 0 Å². The van der Waals surface area contributed by atoms with E-state index in [1.54, 1.807) is 24.3 Å². The summed E-state index contributed by atoms with van der Waals surface area (Å²) in [4.78, 5) is 28.1. The van der Waals surface area contributed by atoms with Gasteiger partial charge in [-0.15, -0.1) is 0 Å². The summed E-state index contributed by atoms with van der Waals surface area (Å²) in [5.74, 6) is -0.307. The molecule has 0 aromatic heterocycles. The van der Waals surface area contributed by atoms with Gasteiger partial charge >= 0.3 is 0 Å². The van der Waals surface area contributed by atoms with E-state index >= 15 is 0 Å². The van der Waals surface area contributed by atoms with Crippen LogP contribution in [-0.4, -0.2) is 16.9 Å². The number of anilines is 1. The Morgan fingerprint density at radius 2 is 0.914 bits per heavy atom. The molecule has 2 atom stereocenters. The molecule has 1 aromatic rings. The second-order valence-corrected chi connectivity index (χ2v) is 10.6. The molecule has 4 heteroatoms. The molecule has 0 radical (unpaired) electrons. The summed E-state index contributed by atoms with van der Waals surface area (Å²) in [6, 6.07) is 6.46. The minimum Gasteiger partial charge on any atom is -0.508 e. The largest absolute Gasteiger partial charge is 0.508 e. The van der Waals surface area contributed by atoms with Crippen molar-refractivity contribution < 1.29 is 14.7 Å². The quantitative estimate of drug-likeness (QED) is 0.148. The Morgan fingerprint density at radius 3 is 1.29 bits per heavy atom. The fourth-order valence-corrected chi connectivity index (χ4v) is 5.46. The molecule has 2 rings (SSSR count). The minimum absolute atomic E-state index is 0.0374. The second kappa shape index (κ2) is 17.6. The normalized spacial score (nSPS) is 18.1. The van der Waals surface area contributed by atoms with Crippen molar-refractivity contribution in [1.29, 1.82) is 0 Å². The van der Waals surface area contributed by atoms with Gasteiger partial charge in [-0.2, -0.15) is 0 Å². The first-order valence-corrected chi connectivity index (χ1v) is 14.8. The third-order valence-corrected chi connectivity index (χ3v) is 7.66. The number of unbranched alkanes of at least 4 members (excludes halogenated alkanes) is 15. The van der Waals surface area contributed by atoms with Crippen LogP contribution in [0.5, 0.6) is 5.75 Å². The predicted octanol–water partition coefficient (Wildman–Crippen LogP) is 8.95. The Kier molecular flexibility index (Phi) is 14.8. The van der Waals surface area contributed by atoms with E-state index < -0.39 is 0 Å². The molecule has 35 heavy (non-hydrogen) atoms. The lowest BCUT2D eigenvalue weighted by molar-refractivity contribution is -0.122. The maximum absolute atomic E-state index is 13.4. The molecule has 2 amide bonds. The molecular formula is C31H51NO3. The summed E-state index contributed by atoms with van der Waals surface area (Å²) in [5.41, 5.74) is 0.591. The topological polar surface area (TPSA) is 57.6 Å². The highest BCUT2D eigenvalue weighted by atomic mass is 16.3. The summed E-state index contributed by atoms with van der Waals surface area (Å²) >= 11 is 0. The van der Waals surface area contributed by atoms with Crippen LogP contribution in [0.15, 0.2) is 24.3 Å². The van der Waals surface area contributed by atoms with Crippen molar-refractivity contribution >= 4 is 17.5 Å². The number of imide groups is 1. The van der Waals surface area contributed by atoms with Crippen molar-refractivity contribution in [2.45, 2.75) is 136 Å². The van der Waals surface area contributed by atoms with Crippen LogP contribution in [0.2, 0.25) is 0 Å². The van der Waals surface area contributed by atoms with Gasteiger partial charge in [-0.05, 0) is 37.1 Å². The average molecular weight is 486 g/mol. The molecule has 1 heterocycles. The van der Waals surface area contributed by atoms with Gasteiger partial charge in [-0.1, -0.05) is 123 Å². The first-order chi connectivity index (χ1) is 17.1. The van der Waals surface area contributed by atoms with E-state index in [1.807, 2.05) is 0 Å². The van der Waals surface area contributed by atoms with Crippen LogP contribution in [0.1, 0.15) is 136 Å². The van der Waals surface area contributed by atoms with E-state index in [0.29, 0.717) is 5.69 Å². The third-order valence-electron chi connectivity index (χ3n) is 7.66. The van der Waals surface area contributed by atoms with Crippen LogP contribution in [0.25, 0.3) is 0 Å². The van der Waals surface area contributed by atoms with E-state index in [4.69, 9.17) is 0 Å². The fraction of sp³-hybridized carbons (Fsp3) is 0.742. The molecule has 1 aliphatic heterocycles. The molecule has 0 bridgehead atoms. The van der Waals surface area contributed by atoms with Crippen LogP contribution in [0.4, 0.5) is 5.69 Å². The van der Waals surface area contributed by atoms with E-state index in [1.165, 1.54) is 88.4 Å². The first kappa shape index (κ1) is 29.4. The lowest BCUT2D eigenvalue weighted by atomic mass is 9.86. The van der Waals surface area contributed by atoms with Gasteiger partial charge in [-0.3, -0.25) is 14.5 Å². The SMILES string of the molecule is CCCCCCCCCCCCC1C(=O)N(c2ccc(O)cc2)C(=O)C1CCCCCCCCC. The summed E-state index contributed by atoms with van der Waals surface area (Å²) in [6.07, 6.45) is 22.9. The van der Waals surface area contributed by atoms with Crippen molar-refractivity contribution in [3.8, 4) is 5.75 Å². The maximum Gasteiger partial charge on any atom is 0.237 e. The zero-order valence-corrected chi connectivity index (χ0v) is 22.6. The van der Waals surface area contributed by atoms with Crippen LogP contribution >= 0.6 is 0 Å². The molecule has 4 nitrogen and oxygen atoms in total. The highest BCUT2D eigenvalue weighted by molar-refractivity contribution is 6.22. The Morgan fingerprint density at radius 1 is 0.571 bits per heavy atom. The van der Waals surface area contributed by atoms with Gasteiger partial charge in [0.2, 0.25) is 11.8 Å². The monoisotopic (exact) mass is 485 g/mol. The number of hydrogen-bond donors (Lipinski definition) is 1. The smallest absolute Gasteiger partial charge is 0.237 e. The first-order valence-electron chi connectivity index (χ1n) is 14.8. The highest BCUT2D eigenvalue weighted by Crippen LogP contribution is 2.37. The standard InChI is InChI=1S/C31H51NO3/c1-3-5-7-9-11-12-13-15-17-19-21-29-28(20-18-16-14-10-8-6-4-2)30(34)32(31(29)35)26-22-24-27(33)25-23-26/h22-25,28-29,33H,3-21H2,1-2H3. The molecule has 1 saturated heterocycles. The Bertz CT molecular complexity index is 714. The fourth-order valence-electron chi connectivity index (χ4n) is 5.46. The lowest BCUT2D eigenvalue weighted by Gasteiger charge is -2.15. The average Bonchev–Trinajstić information content (AvgIpc) is 3.09. The van der Waals surface area contributed by atoms with Gasteiger partial charge in [0.1, 0.15) is 5.75 Å². The van der Waals surface area contributed by atoms with Crippen LogP contribution in [-0.2, 0) is 9.59 Å². The number of hydrogen-bond acceptors (Lipinski definition) is 3. The Balaban J connectivity index is 1.83. The van der Waals surface area contributed by atoms with Gasteiger partial charge in [0.25, 0.3) is 0 Å². The molecule has 1 aromatic carbocycles. The van der Waals surface area contributed by atoms with Crippen LogP contribution < -0.4 is 4.90 Å². The molecule has 0 spiro atoms. The van der Waals surface area contributed by atoms with Crippen molar-refractivity contribution in [3.63, 3.8) is 0 Å². The lowest BCUT2D eigenvalue weighted by Crippen LogP contribution is -2.30. The summed E-state index contributed by atoms with van der Waals surface area (Å²) in [5, 5.41) is 9.63. The molecule has 0 aliphatic carbocycles. The molecule has 198 valence electrons. The van der Waals surface area contributed by atoms with Crippen molar-refractivity contribution in [1.82, 2.24) is 0 Å². The number of benzene rings is 1. The number of rotatable bonds is 20. The molecular weight excluding hydrogens is 434 g/mol. The number of phenolic OH excluding ortho intramolecular Hbond substituents is 1. The van der Waals surface area contributed by atoms with Crippen molar-refractivity contribution in [3.05, 3.63) is 24.3 Å². The van der Waals surface area contributed by atoms with Crippen LogP contribution in [0.3, 0.4) is 0 Å². The highest BCUT2D eigenvalue weighted by Gasteiger charge is 2.47. The Labute approximate surface area is 214 Å². The zero-order valence-electron chi connectivity index (χ0n) is 22.6. The minimum atomic E-state index is -0.189. The third kappa shape index (κ3) is 10.4. The predicted molar refractivity (Wildman–Crippen MR) is 147 cm³/mol. The molecule has 1 N–H and O–H groups in total. The van der Waals surface area contributed by atoms with Gasteiger partial charge in [-0.25, -0.2) is 0 Å². The molecule has 1 fully saturated rings. The van der Waals surface area contributed by atoms with Crippen LogP contribution in [0, 0.1) is 11.8 Å². The molecule has 2 unspecified atom stereocenters. The van der Waals surface area contributed by atoms with E-state index in [0.717, 1.165) is 38.5 Å². The molecule has 0 saturated carbocycles. The van der Waals surface area contributed by atoms with Gasteiger partial charge in [0.05, 0.1) is 17.5 Å². The van der Waals surface area contributed by atoms with Crippen molar-refractivity contribution in [2.75, 3.05) is 4.90 Å². The summed E-state index contributed by atoms with van der Waals surface area (Å²) < 4.78 is 0. The number of carbonyl (C=O) groups excluding carboxylic acids is 2. The van der Waals surface area contributed by atoms with Crippen molar-refractivity contribution in [2.24, 2.45) is 11.8 Å². The summed E-state index contributed by atoms with van der Waals surface area (Å²) in [6.45, 7) is 4.49. The number of carbonyl (C=O) groups is 2. The number of amides is 2. The van der Waals surface area contributed by atoms with Gasteiger partial charge in [0.15, 0.2) is 0 Å². The van der Waals surface area contributed by atoms with E-state index in [2.05, 4.69) is 13.8 Å². The number of phenols is 1. The summed E-state index contributed by atoms with van der Waals surface area (Å²) in [7, 11) is 0. The number of nitrogens with zero attached hydrogens (tertiary/aromatic N) is 1. The molecule has 1 aliphatic rings. The van der Waals surface area contributed by atoms with E-state index in [-0.39, 0.29) is 29.4 Å².